The van der Waals surface area contributed by atoms with Crippen molar-refractivity contribution in [3.63, 3.8) is 0 Å². The van der Waals surface area contributed by atoms with Crippen LogP contribution in [0.5, 0.6) is 5.75 Å². The highest BCUT2D eigenvalue weighted by molar-refractivity contribution is 7.98. The van der Waals surface area contributed by atoms with E-state index in [4.69, 9.17) is 4.74 Å². The Kier molecular flexibility index (Phi) is 7.57. The van der Waals surface area contributed by atoms with E-state index in [1.165, 1.54) is 12.1 Å². The van der Waals surface area contributed by atoms with Gasteiger partial charge in [0, 0.05) is 18.0 Å². The van der Waals surface area contributed by atoms with Crippen molar-refractivity contribution in [2.75, 3.05) is 31.3 Å². The van der Waals surface area contributed by atoms with Gasteiger partial charge in [0.2, 0.25) is 10.0 Å². The number of sulfonamides is 1. The third kappa shape index (κ3) is 5.74. The lowest BCUT2D eigenvalue weighted by Gasteiger charge is -2.20. The molecule has 6 nitrogen and oxygen atoms in total. The molecule has 2 aromatic carbocycles. The van der Waals surface area contributed by atoms with Crippen molar-refractivity contribution in [2.24, 2.45) is 0 Å². The summed E-state index contributed by atoms with van der Waals surface area (Å²) in [5, 5.41) is 2.83. The predicted molar refractivity (Wildman–Crippen MR) is 116 cm³/mol. The summed E-state index contributed by atoms with van der Waals surface area (Å²) in [6, 6.07) is 13.8. The quantitative estimate of drug-likeness (QED) is 0.667. The number of para-hydroxylation sites is 1. The molecule has 1 aliphatic rings. The number of hydrogen-bond donors (Lipinski definition) is 1. The normalized spacial score (nSPS) is 15.5. The van der Waals surface area contributed by atoms with E-state index in [0.717, 1.165) is 36.3 Å². The second-order valence-electron chi connectivity index (χ2n) is 6.83. The summed E-state index contributed by atoms with van der Waals surface area (Å²) in [6.45, 7) is 0.984. The molecule has 0 aromatic heterocycles. The fraction of sp³-hybridized carbons (Fsp3) is 0.381. The maximum absolute atomic E-state index is 12.8. The lowest BCUT2D eigenvalue weighted by atomic mass is 10.2. The van der Waals surface area contributed by atoms with Crippen molar-refractivity contribution < 1.29 is 17.9 Å². The van der Waals surface area contributed by atoms with Crippen LogP contribution >= 0.6 is 11.8 Å². The second kappa shape index (κ2) is 10.1. The molecule has 2 aromatic rings. The maximum atomic E-state index is 12.8. The van der Waals surface area contributed by atoms with Gasteiger partial charge in [-0.1, -0.05) is 25.0 Å². The molecule has 156 valence electrons. The van der Waals surface area contributed by atoms with Crippen molar-refractivity contribution >= 4 is 33.4 Å². The van der Waals surface area contributed by atoms with Crippen LogP contribution in [0.2, 0.25) is 0 Å². The fourth-order valence-electron chi connectivity index (χ4n) is 3.22. The Balaban J connectivity index is 1.58. The van der Waals surface area contributed by atoms with Crippen LogP contribution in [0.4, 0.5) is 5.69 Å². The Hall–Kier alpha value is -2.03. The molecule has 8 heteroatoms. The molecular weight excluding hydrogens is 408 g/mol. The summed E-state index contributed by atoms with van der Waals surface area (Å²) in [5.41, 5.74) is 0.743. The molecule has 0 bridgehead atoms. The van der Waals surface area contributed by atoms with Gasteiger partial charge >= 0.3 is 0 Å². The van der Waals surface area contributed by atoms with E-state index in [2.05, 4.69) is 5.32 Å². The summed E-state index contributed by atoms with van der Waals surface area (Å²) in [5.74, 6) is 0.181. The van der Waals surface area contributed by atoms with E-state index < -0.39 is 10.0 Å². The molecule has 0 radical (unpaired) electrons. The summed E-state index contributed by atoms with van der Waals surface area (Å²) in [4.78, 5) is 13.4. The van der Waals surface area contributed by atoms with E-state index in [1.807, 2.05) is 30.5 Å². The lowest BCUT2D eigenvalue weighted by molar-refractivity contribution is -0.118. The SMILES string of the molecule is CSc1ccccc1NC(=O)COc1ccc(S(=O)(=O)N2CCCCCC2)cc1. The Bertz CT molecular complexity index is 922. The number of ether oxygens (including phenoxy) is 1. The number of carbonyl (C=O) groups is 1. The number of benzene rings is 2. The highest BCUT2D eigenvalue weighted by Crippen LogP contribution is 2.25. The van der Waals surface area contributed by atoms with Crippen LogP contribution in [0.15, 0.2) is 58.3 Å². The zero-order valence-electron chi connectivity index (χ0n) is 16.5. The first-order valence-corrected chi connectivity index (χ1v) is 12.3. The Morgan fingerprint density at radius 3 is 2.34 bits per heavy atom. The molecule has 0 atom stereocenters. The molecule has 1 aliphatic heterocycles. The highest BCUT2D eigenvalue weighted by atomic mass is 32.2. The highest BCUT2D eigenvalue weighted by Gasteiger charge is 2.25. The van der Waals surface area contributed by atoms with Gasteiger partial charge in [0.15, 0.2) is 6.61 Å². The third-order valence-electron chi connectivity index (χ3n) is 4.78. The average Bonchev–Trinajstić information content (AvgIpc) is 3.03. The summed E-state index contributed by atoms with van der Waals surface area (Å²) in [6.07, 6.45) is 5.89. The van der Waals surface area contributed by atoms with Gasteiger partial charge in [-0.25, -0.2) is 8.42 Å². The first-order valence-electron chi connectivity index (χ1n) is 9.66. The predicted octanol–water partition coefficient (Wildman–Crippen LogP) is 3.99. The van der Waals surface area contributed by atoms with Crippen LogP contribution < -0.4 is 10.1 Å². The van der Waals surface area contributed by atoms with Gasteiger partial charge in [0.1, 0.15) is 5.75 Å². The second-order valence-corrected chi connectivity index (χ2v) is 9.61. The minimum absolute atomic E-state index is 0.152. The zero-order chi connectivity index (χ0) is 20.7. The summed E-state index contributed by atoms with van der Waals surface area (Å²) < 4.78 is 32.7. The van der Waals surface area contributed by atoms with Crippen LogP contribution in [0.3, 0.4) is 0 Å². The molecule has 1 amide bonds. The van der Waals surface area contributed by atoms with E-state index in [-0.39, 0.29) is 17.4 Å². The van der Waals surface area contributed by atoms with Crippen LogP contribution in [0, 0.1) is 0 Å². The maximum Gasteiger partial charge on any atom is 0.262 e. The molecule has 1 saturated heterocycles. The van der Waals surface area contributed by atoms with Crippen molar-refractivity contribution in [3.05, 3.63) is 48.5 Å². The zero-order valence-corrected chi connectivity index (χ0v) is 18.1. The van der Waals surface area contributed by atoms with Crippen molar-refractivity contribution in [3.8, 4) is 5.75 Å². The number of amides is 1. The Morgan fingerprint density at radius 2 is 1.69 bits per heavy atom. The van der Waals surface area contributed by atoms with Crippen molar-refractivity contribution in [1.29, 1.82) is 0 Å². The number of nitrogens with one attached hydrogen (secondary N) is 1. The van der Waals surface area contributed by atoms with Crippen LogP contribution in [-0.4, -0.2) is 44.6 Å². The van der Waals surface area contributed by atoms with Gasteiger partial charge in [0.25, 0.3) is 5.91 Å². The van der Waals surface area contributed by atoms with Gasteiger partial charge in [-0.05, 0) is 55.5 Å². The molecular formula is C21H26N2O4S2. The minimum atomic E-state index is -3.49. The molecule has 29 heavy (non-hydrogen) atoms. The van der Waals surface area contributed by atoms with Gasteiger partial charge < -0.3 is 10.1 Å². The Morgan fingerprint density at radius 1 is 1.03 bits per heavy atom. The third-order valence-corrected chi connectivity index (χ3v) is 7.49. The van der Waals surface area contributed by atoms with E-state index in [1.54, 1.807) is 28.2 Å². The molecule has 3 rings (SSSR count). The molecule has 1 heterocycles. The number of rotatable bonds is 7. The first-order chi connectivity index (χ1) is 14.0. The number of thioether (sulfide) groups is 1. The standard InChI is InChI=1S/C21H26N2O4S2/c1-28-20-9-5-4-8-19(20)22-21(24)16-27-17-10-12-18(13-11-17)29(25,26)23-14-6-2-3-7-15-23/h4-5,8-13H,2-3,6-7,14-16H2,1H3,(H,22,24). The summed E-state index contributed by atoms with van der Waals surface area (Å²) in [7, 11) is -3.49. The molecule has 0 unspecified atom stereocenters. The van der Waals surface area contributed by atoms with Crippen LogP contribution in [0.25, 0.3) is 0 Å². The Labute approximate surface area is 176 Å². The van der Waals surface area contributed by atoms with Crippen LogP contribution in [-0.2, 0) is 14.8 Å². The largest absolute Gasteiger partial charge is 0.484 e. The smallest absolute Gasteiger partial charge is 0.262 e. The number of nitrogens with zero attached hydrogens (tertiary/aromatic N) is 1. The number of hydrogen-bond acceptors (Lipinski definition) is 5. The molecule has 0 aliphatic carbocycles. The van der Waals surface area contributed by atoms with E-state index in [0.29, 0.717) is 18.8 Å². The summed E-state index contributed by atoms with van der Waals surface area (Å²) >= 11 is 1.55. The number of carbonyl (C=O) groups excluding carboxylic acids is 1. The minimum Gasteiger partial charge on any atom is -0.484 e. The number of anilines is 1. The van der Waals surface area contributed by atoms with Crippen LogP contribution in [0.1, 0.15) is 25.7 Å². The van der Waals surface area contributed by atoms with Crippen molar-refractivity contribution in [2.45, 2.75) is 35.5 Å². The molecule has 0 saturated carbocycles. The fourth-order valence-corrected chi connectivity index (χ4v) is 5.29. The van der Waals surface area contributed by atoms with Gasteiger partial charge in [-0.15, -0.1) is 11.8 Å². The lowest BCUT2D eigenvalue weighted by Crippen LogP contribution is -2.31. The van der Waals surface area contributed by atoms with E-state index >= 15 is 0 Å². The molecule has 0 spiro atoms. The molecule has 1 fully saturated rings. The van der Waals surface area contributed by atoms with E-state index in [9.17, 15) is 13.2 Å². The topological polar surface area (TPSA) is 75.7 Å². The van der Waals surface area contributed by atoms with Gasteiger partial charge in [-0.2, -0.15) is 4.31 Å². The van der Waals surface area contributed by atoms with Crippen molar-refractivity contribution in [1.82, 2.24) is 4.31 Å². The monoisotopic (exact) mass is 434 g/mol. The average molecular weight is 435 g/mol. The first kappa shape index (κ1) is 21.7. The van der Waals surface area contributed by atoms with Gasteiger partial charge in [-0.3, -0.25) is 4.79 Å². The molecule has 1 N–H and O–H groups in total. The van der Waals surface area contributed by atoms with Gasteiger partial charge in [0.05, 0.1) is 10.6 Å².